The van der Waals surface area contributed by atoms with Crippen LogP contribution in [0.2, 0.25) is 5.02 Å². The Hall–Kier alpha value is -1.47. The molecule has 2 N–H and O–H groups in total. The summed E-state index contributed by atoms with van der Waals surface area (Å²) >= 11 is 5.94. The van der Waals surface area contributed by atoms with Crippen LogP contribution < -0.4 is 5.73 Å². The van der Waals surface area contributed by atoms with Crippen LogP contribution >= 0.6 is 11.6 Å². The monoisotopic (exact) mass is 231 g/mol. The van der Waals surface area contributed by atoms with E-state index < -0.39 is 0 Å². The molecule has 2 aromatic carbocycles. The van der Waals surface area contributed by atoms with Crippen molar-refractivity contribution in [1.29, 1.82) is 0 Å². The lowest BCUT2D eigenvalue weighted by Gasteiger charge is -2.07. The minimum Gasteiger partial charge on any atom is -0.398 e. The third-order valence-corrected chi connectivity index (χ3v) is 2.82. The fraction of sp³-hybridized carbons (Fsp3) is 0.143. The van der Waals surface area contributed by atoms with E-state index in [1.54, 1.807) is 0 Å². The Morgan fingerprint density at radius 3 is 2.62 bits per heavy atom. The molecule has 1 nitrogen and oxygen atoms in total. The van der Waals surface area contributed by atoms with E-state index in [2.05, 4.69) is 18.2 Å². The minimum absolute atomic E-state index is 0.767. The Kier molecular flexibility index (Phi) is 3.16. The second-order valence-corrected chi connectivity index (χ2v) is 4.45. The zero-order valence-corrected chi connectivity index (χ0v) is 9.96. The van der Waals surface area contributed by atoms with Crippen molar-refractivity contribution in [2.45, 2.75) is 13.3 Å². The average Bonchev–Trinajstić information content (AvgIpc) is 2.22. The van der Waals surface area contributed by atoms with Gasteiger partial charge in [-0.3, -0.25) is 0 Å². The van der Waals surface area contributed by atoms with Gasteiger partial charge in [-0.05, 0) is 48.2 Å². The van der Waals surface area contributed by atoms with Gasteiger partial charge in [-0.2, -0.15) is 0 Å². The van der Waals surface area contributed by atoms with Crippen LogP contribution in [0, 0.1) is 6.92 Å². The first kappa shape index (κ1) is 11.0. The summed E-state index contributed by atoms with van der Waals surface area (Å²) in [5.41, 5.74) is 10.3. The van der Waals surface area contributed by atoms with Gasteiger partial charge in [-0.15, -0.1) is 0 Å². The van der Waals surface area contributed by atoms with Crippen LogP contribution in [0.1, 0.15) is 16.7 Å². The molecule has 0 saturated carbocycles. The molecule has 0 aliphatic carbocycles. The van der Waals surface area contributed by atoms with Gasteiger partial charge in [-0.1, -0.05) is 35.9 Å². The van der Waals surface area contributed by atoms with Crippen molar-refractivity contribution in [3.63, 3.8) is 0 Å². The maximum atomic E-state index is 5.97. The first-order valence-corrected chi connectivity index (χ1v) is 5.62. The van der Waals surface area contributed by atoms with E-state index in [0.29, 0.717) is 0 Å². The zero-order valence-electron chi connectivity index (χ0n) is 9.20. The van der Waals surface area contributed by atoms with Gasteiger partial charge in [0.2, 0.25) is 0 Å². The normalized spacial score (nSPS) is 10.4. The summed E-state index contributed by atoms with van der Waals surface area (Å²) in [5.74, 6) is 0. The van der Waals surface area contributed by atoms with Crippen molar-refractivity contribution in [2.24, 2.45) is 0 Å². The summed E-state index contributed by atoms with van der Waals surface area (Å²) in [6, 6.07) is 14.0. The van der Waals surface area contributed by atoms with Gasteiger partial charge in [0.1, 0.15) is 0 Å². The standard InChI is InChI=1S/C14H14ClN/c1-10-5-6-12(14(16)7-10)8-11-3-2-4-13(15)9-11/h2-7,9H,8,16H2,1H3. The number of nitrogen functional groups attached to an aromatic ring is 1. The molecule has 0 aliphatic rings. The number of halogens is 1. The molecule has 2 rings (SSSR count). The van der Waals surface area contributed by atoms with Crippen molar-refractivity contribution < 1.29 is 0 Å². The summed E-state index contributed by atoms with van der Waals surface area (Å²) in [7, 11) is 0. The van der Waals surface area contributed by atoms with Gasteiger partial charge in [-0.25, -0.2) is 0 Å². The molecule has 0 saturated heterocycles. The molecule has 0 spiro atoms. The second-order valence-electron chi connectivity index (χ2n) is 4.01. The Bertz CT molecular complexity index is 506. The van der Waals surface area contributed by atoms with Gasteiger partial charge in [0.15, 0.2) is 0 Å². The van der Waals surface area contributed by atoms with E-state index in [1.807, 2.05) is 31.2 Å². The van der Waals surface area contributed by atoms with E-state index in [9.17, 15) is 0 Å². The van der Waals surface area contributed by atoms with Crippen LogP contribution in [-0.4, -0.2) is 0 Å². The molecule has 0 amide bonds. The summed E-state index contributed by atoms with van der Waals surface area (Å²) < 4.78 is 0. The van der Waals surface area contributed by atoms with Crippen LogP contribution in [0.15, 0.2) is 42.5 Å². The van der Waals surface area contributed by atoms with Crippen molar-refractivity contribution >= 4 is 17.3 Å². The smallest absolute Gasteiger partial charge is 0.0408 e. The molecule has 0 aromatic heterocycles. The summed E-state index contributed by atoms with van der Waals surface area (Å²) in [4.78, 5) is 0. The number of nitrogens with two attached hydrogens (primary N) is 1. The van der Waals surface area contributed by atoms with Crippen molar-refractivity contribution in [1.82, 2.24) is 0 Å². The van der Waals surface area contributed by atoms with E-state index in [0.717, 1.165) is 22.7 Å². The van der Waals surface area contributed by atoms with Crippen molar-refractivity contribution in [3.8, 4) is 0 Å². The van der Waals surface area contributed by atoms with Crippen molar-refractivity contribution in [3.05, 3.63) is 64.2 Å². The molecule has 2 heteroatoms. The van der Waals surface area contributed by atoms with Gasteiger partial charge < -0.3 is 5.73 Å². The Balaban J connectivity index is 2.27. The van der Waals surface area contributed by atoms with E-state index in [-0.39, 0.29) is 0 Å². The van der Waals surface area contributed by atoms with Crippen LogP contribution in [-0.2, 0) is 6.42 Å². The molecular formula is C14H14ClN. The van der Waals surface area contributed by atoms with Crippen LogP contribution in [0.5, 0.6) is 0 Å². The predicted octanol–water partition coefficient (Wildman–Crippen LogP) is 3.82. The minimum atomic E-state index is 0.767. The molecule has 0 aliphatic heterocycles. The molecule has 0 atom stereocenters. The summed E-state index contributed by atoms with van der Waals surface area (Å²) in [6.45, 7) is 2.04. The van der Waals surface area contributed by atoms with Crippen LogP contribution in [0.4, 0.5) is 5.69 Å². The molecule has 0 heterocycles. The number of hydrogen-bond acceptors (Lipinski definition) is 1. The molecule has 0 bridgehead atoms. The SMILES string of the molecule is Cc1ccc(Cc2cccc(Cl)c2)c(N)c1. The van der Waals surface area contributed by atoms with Gasteiger partial charge in [0.05, 0.1) is 0 Å². The third-order valence-electron chi connectivity index (χ3n) is 2.58. The Morgan fingerprint density at radius 2 is 1.94 bits per heavy atom. The highest BCUT2D eigenvalue weighted by atomic mass is 35.5. The molecule has 2 aromatic rings. The predicted molar refractivity (Wildman–Crippen MR) is 69.8 cm³/mol. The number of rotatable bonds is 2. The molecule has 16 heavy (non-hydrogen) atoms. The van der Waals surface area contributed by atoms with E-state index >= 15 is 0 Å². The quantitative estimate of drug-likeness (QED) is 0.782. The maximum Gasteiger partial charge on any atom is 0.0408 e. The van der Waals surface area contributed by atoms with Gasteiger partial charge in [0.25, 0.3) is 0 Å². The molecule has 0 unspecified atom stereocenters. The highest BCUT2D eigenvalue weighted by Gasteiger charge is 2.01. The van der Waals surface area contributed by atoms with Crippen LogP contribution in [0.3, 0.4) is 0 Å². The van der Waals surface area contributed by atoms with Gasteiger partial charge in [0, 0.05) is 10.7 Å². The molecule has 0 fully saturated rings. The van der Waals surface area contributed by atoms with E-state index in [4.69, 9.17) is 17.3 Å². The largest absolute Gasteiger partial charge is 0.398 e. The Labute approximate surface area is 101 Å². The number of aryl methyl sites for hydroxylation is 1. The summed E-state index contributed by atoms with van der Waals surface area (Å²) in [6.07, 6.45) is 0.826. The highest BCUT2D eigenvalue weighted by molar-refractivity contribution is 6.30. The lowest BCUT2D eigenvalue weighted by Crippen LogP contribution is -1.96. The number of hydrogen-bond donors (Lipinski definition) is 1. The van der Waals surface area contributed by atoms with Gasteiger partial charge >= 0.3 is 0 Å². The third kappa shape index (κ3) is 2.56. The molecule has 0 radical (unpaired) electrons. The molecule has 82 valence electrons. The number of anilines is 1. The first-order chi connectivity index (χ1) is 7.65. The molecular weight excluding hydrogens is 218 g/mol. The topological polar surface area (TPSA) is 26.0 Å². The average molecular weight is 232 g/mol. The highest BCUT2D eigenvalue weighted by Crippen LogP contribution is 2.19. The Morgan fingerprint density at radius 1 is 1.12 bits per heavy atom. The summed E-state index contributed by atoms with van der Waals surface area (Å²) in [5, 5.41) is 0.767. The van der Waals surface area contributed by atoms with E-state index in [1.165, 1.54) is 11.1 Å². The first-order valence-electron chi connectivity index (χ1n) is 5.24. The fourth-order valence-electron chi connectivity index (χ4n) is 1.74. The number of benzene rings is 2. The maximum absolute atomic E-state index is 5.97. The van der Waals surface area contributed by atoms with Crippen molar-refractivity contribution in [2.75, 3.05) is 5.73 Å². The zero-order chi connectivity index (χ0) is 11.5. The van der Waals surface area contributed by atoms with Crippen LogP contribution in [0.25, 0.3) is 0 Å². The lowest BCUT2D eigenvalue weighted by atomic mass is 10.0. The lowest BCUT2D eigenvalue weighted by molar-refractivity contribution is 1.19. The fourth-order valence-corrected chi connectivity index (χ4v) is 1.96. The second kappa shape index (κ2) is 4.58.